The molecule has 2 aromatic rings. The minimum atomic E-state index is 0.440. The summed E-state index contributed by atoms with van der Waals surface area (Å²) in [5.74, 6) is 0. The Bertz CT molecular complexity index is 694. The van der Waals surface area contributed by atoms with Gasteiger partial charge in [0.25, 0.3) is 0 Å². The fourth-order valence-corrected chi connectivity index (χ4v) is 4.17. The third-order valence-corrected chi connectivity index (χ3v) is 5.66. The third-order valence-electron chi connectivity index (χ3n) is 5.66. The Labute approximate surface area is 157 Å². The topological polar surface area (TPSA) is 24.7 Å². The number of aryl methyl sites for hydroxylation is 2. The lowest BCUT2D eigenvalue weighted by Gasteiger charge is -2.31. The molecule has 2 aromatic carbocycles. The van der Waals surface area contributed by atoms with Crippen LogP contribution in [-0.2, 0) is 12.8 Å². The van der Waals surface area contributed by atoms with E-state index in [9.17, 15) is 0 Å². The molecule has 26 heavy (non-hydrogen) atoms. The number of rotatable bonds is 6. The highest BCUT2D eigenvalue weighted by Crippen LogP contribution is 2.28. The van der Waals surface area contributed by atoms with E-state index in [2.05, 4.69) is 60.7 Å². The molecule has 2 nitrogen and oxygen atoms in total. The van der Waals surface area contributed by atoms with Crippen LogP contribution in [0.25, 0.3) is 0 Å². The molecule has 134 valence electrons. The van der Waals surface area contributed by atoms with Gasteiger partial charge < -0.3 is 0 Å². The van der Waals surface area contributed by atoms with Gasteiger partial charge in [0.1, 0.15) is 0 Å². The van der Waals surface area contributed by atoms with Crippen LogP contribution in [0.2, 0.25) is 0 Å². The molecule has 1 heterocycles. The van der Waals surface area contributed by atoms with E-state index in [0.29, 0.717) is 12.1 Å². The number of aliphatic imine (C=N–C) groups is 2. The first-order valence-electron chi connectivity index (χ1n) is 10.1. The molecule has 2 atom stereocenters. The van der Waals surface area contributed by atoms with Gasteiger partial charge in [-0.05, 0) is 49.7 Å². The number of nitrogens with zero attached hydrogens (tertiary/aromatic N) is 2. The first-order chi connectivity index (χ1) is 12.9. The summed E-state index contributed by atoms with van der Waals surface area (Å²) < 4.78 is 0. The Morgan fingerprint density at radius 2 is 1.00 bits per heavy atom. The summed E-state index contributed by atoms with van der Waals surface area (Å²) in [6.45, 7) is 0. The van der Waals surface area contributed by atoms with Crippen molar-refractivity contribution in [2.45, 2.75) is 63.5 Å². The van der Waals surface area contributed by atoms with E-state index < -0.39 is 0 Å². The lowest BCUT2D eigenvalue weighted by Crippen LogP contribution is -2.36. The quantitative estimate of drug-likeness (QED) is 0.665. The Morgan fingerprint density at radius 1 is 0.577 bits per heavy atom. The second-order valence-electron chi connectivity index (χ2n) is 7.54. The summed E-state index contributed by atoms with van der Waals surface area (Å²) >= 11 is 0. The monoisotopic (exact) mass is 344 g/mol. The summed E-state index contributed by atoms with van der Waals surface area (Å²) in [6.07, 6.45) is 9.20. The lowest BCUT2D eigenvalue weighted by molar-refractivity contribution is 0.384. The summed E-state index contributed by atoms with van der Waals surface area (Å²) in [5, 5.41) is 0. The molecule has 0 amide bonds. The SMILES string of the molecule is c1ccc(CCC2=NC3CCCCC3N=C2CCc2ccccc2)cc1. The van der Waals surface area contributed by atoms with E-state index in [4.69, 9.17) is 9.98 Å². The second-order valence-corrected chi connectivity index (χ2v) is 7.54. The van der Waals surface area contributed by atoms with Gasteiger partial charge in [-0.2, -0.15) is 0 Å². The standard InChI is InChI=1S/C24H28N2/c1-3-9-19(10-4-1)15-17-23-24(18-16-20-11-5-2-6-12-20)26-22-14-8-7-13-21(22)25-23/h1-6,9-12,21-22H,7-8,13-18H2. The van der Waals surface area contributed by atoms with Crippen molar-refractivity contribution in [2.75, 3.05) is 0 Å². The van der Waals surface area contributed by atoms with E-state index in [-0.39, 0.29) is 0 Å². The van der Waals surface area contributed by atoms with Gasteiger partial charge in [0.15, 0.2) is 0 Å². The maximum Gasteiger partial charge on any atom is 0.0727 e. The summed E-state index contributed by atoms with van der Waals surface area (Å²) in [4.78, 5) is 10.4. The van der Waals surface area contributed by atoms with Gasteiger partial charge in [-0.1, -0.05) is 73.5 Å². The number of hydrogen-bond acceptors (Lipinski definition) is 2. The predicted octanol–water partition coefficient (Wildman–Crippen LogP) is 5.46. The van der Waals surface area contributed by atoms with Crippen LogP contribution >= 0.6 is 0 Å². The number of benzene rings is 2. The maximum absolute atomic E-state index is 5.20. The van der Waals surface area contributed by atoms with Gasteiger partial charge in [0, 0.05) is 0 Å². The predicted molar refractivity (Wildman–Crippen MR) is 110 cm³/mol. The minimum Gasteiger partial charge on any atom is -0.282 e. The van der Waals surface area contributed by atoms with E-state index in [1.54, 1.807) is 0 Å². The van der Waals surface area contributed by atoms with Crippen molar-refractivity contribution >= 4 is 11.4 Å². The number of fused-ring (bicyclic) bond motifs is 1. The Morgan fingerprint density at radius 3 is 1.42 bits per heavy atom. The van der Waals surface area contributed by atoms with Crippen molar-refractivity contribution < 1.29 is 0 Å². The molecule has 1 aliphatic heterocycles. The van der Waals surface area contributed by atoms with Crippen LogP contribution in [-0.4, -0.2) is 23.5 Å². The molecule has 4 rings (SSSR count). The van der Waals surface area contributed by atoms with Crippen LogP contribution < -0.4 is 0 Å². The largest absolute Gasteiger partial charge is 0.282 e. The van der Waals surface area contributed by atoms with Crippen molar-refractivity contribution in [1.29, 1.82) is 0 Å². The van der Waals surface area contributed by atoms with Crippen LogP contribution in [0.15, 0.2) is 70.6 Å². The van der Waals surface area contributed by atoms with Crippen LogP contribution in [0, 0.1) is 0 Å². The van der Waals surface area contributed by atoms with Gasteiger partial charge in [-0.3, -0.25) is 9.98 Å². The van der Waals surface area contributed by atoms with Crippen molar-refractivity contribution in [2.24, 2.45) is 9.98 Å². The molecule has 0 radical (unpaired) electrons. The maximum atomic E-state index is 5.20. The molecule has 2 unspecified atom stereocenters. The fourth-order valence-electron chi connectivity index (χ4n) is 4.17. The van der Waals surface area contributed by atoms with Crippen molar-refractivity contribution in [3.05, 3.63) is 71.8 Å². The molecule has 1 saturated carbocycles. The average molecular weight is 345 g/mol. The first kappa shape index (κ1) is 17.2. The van der Waals surface area contributed by atoms with Crippen LogP contribution in [0.4, 0.5) is 0 Å². The highest BCUT2D eigenvalue weighted by Gasteiger charge is 2.29. The highest BCUT2D eigenvalue weighted by molar-refractivity contribution is 6.42. The van der Waals surface area contributed by atoms with Gasteiger partial charge in [0.05, 0.1) is 23.5 Å². The van der Waals surface area contributed by atoms with Crippen molar-refractivity contribution in [1.82, 2.24) is 0 Å². The van der Waals surface area contributed by atoms with Crippen LogP contribution in [0.1, 0.15) is 49.7 Å². The molecule has 2 heteroatoms. The van der Waals surface area contributed by atoms with Gasteiger partial charge in [-0.25, -0.2) is 0 Å². The van der Waals surface area contributed by atoms with Gasteiger partial charge >= 0.3 is 0 Å². The van der Waals surface area contributed by atoms with E-state index in [0.717, 1.165) is 25.7 Å². The van der Waals surface area contributed by atoms with Crippen LogP contribution in [0.3, 0.4) is 0 Å². The Kier molecular flexibility index (Phi) is 5.59. The summed E-state index contributed by atoms with van der Waals surface area (Å²) in [6, 6.07) is 22.4. The smallest absolute Gasteiger partial charge is 0.0727 e. The molecular weight excluding hydrogens is 316 g/mol. The van der Waals surface area contributed by atoms with E-state index in [1.165, 1.54) is 48.2 Å². The first-order valence-corrected chi connectivity index (χ1v) is 10.1. The minimum absolute atomic E-state index is 0.440. The zero-order valence-electron chi connectivity index (χ0n) is 15.5. The summed E-state index contributed by atoms with van der Waals surface area (Å²) in [7, 11) is 0. The van der Waals surface area contributed by atoms with Crippen molar-refractivity contribution in [3.8, 4) is 0 Å². The molecule has 0 bridgehead atoms. The average Bonchev–Trinajstić information content (AvgIpc) is 2.72. The normalized spacial score (nSPS) is 22.3. The zero-order valence-corrected chi connectivity index (χ0v) is 15.5. The Balaban J connectivity index is 1.47. The summed E-state index contributed by atoms with van der Waals surface area (Å²) in [5.41, 5.74) is 5.33. The third kappa shape index (κ3) is 4.30. The highest BCUT2D eigenvalue weighted by atomic mass is 15.0. The molecule has 0 saturated heterocycles. The van der Waals surface area contributed by atoms with E-state index in [1.807, 2.05) is 0 Å². The number of hydrogen-bond donors (Lipinski definition) is 0. The molecule has 0 N–H and O–H groups in total. The second kappa shape index (κ2) is 8.44. The van der Waals surface area contributed by atoms with Gasteiger partial charge in [0.2, 0.25) is 0 Å². The zero-order chi connectivity index (χ0) is 17.6. The fraction of sp³-hybridized carbons (Fsp3) is 0.417. The molecule has 0 aromatic heterocycles. The van der Waals surface area contributed by atoms with Crippen molar-refractivity contribution in [3.63, 3.8) is 0 Å². The van der Waals surface area contributed by atoms with Gasteiger partial charge in [-0.15, -0.1) is 0 Å². The Hall–Kier alpha value is -2.22. The van der Waals surface area contributed by atoms with Crippen LogP contribution in [0.5, 0.6) is 0 Å². The molecule has 0 spiro atoms. The molecule has 1 fully saturated rings. The molecule has 2 aliphatic rings. The lowest BCUT2D eigenvalue weighted by atomic mass is 9.88. The molecule has 1 aliphatic carbocycles. The molecular formula is C24H28N2. The van der Waals surface area contributed by atoms with E-state index >= 15 is 0 Å².